The van der Waals surface area contributed by atoms with Crippen LogP contribution in [-0.4, -0.2) is 10.9 Å². The van der Waals surface area contributed by atoms with Crippen LogP contribution in [0.4, 0.5) is 10.1 Å². The SMILES string of the molecule is CCC(C)(C(=O)Nc1ccc(Br)cc1F)C(N)=S. The Morgan fingerprint density at radius 2 is 2.22 bits per heavy atom. The van der Waals surface area contributed by atoms with Gasteiger partial charge >= 0.3 is 0 Å². The van der Waals surface area contributed by atoms with E-state index in [-0.39, 0.29) is 10.7 Å². The van der Waals surface area contributed by atoms with Gasteiger partial charge in [-0.25, -0.2) is 4.39 Å². The fraction of sp³-hybridized carbons (Fsp3) is 0.333. The second kappa shape index (κ2) is 5.75. The summed E-state index contributed by atoms with van der Waals surface area (Å²) in [5.41, 5.74) is 4.70. The Morgan fingerprint density at radius 3 is 2.67 bits per heavy atom. The number of benzene rings is 1. The second-order valence-electron chi connectivity index (χ2n) is 4.13. The van der Waals surface area contributed by atoms with Gasteiger partial charge in [0.1, 0.15) is 5.82 Å². The standard InChI is InChI=1S/C12H14BrFN2OS/c1-3-12(2,10(15)18)11(17)16-9-5-4-7(13)6-8(9)14/h4-6H,3H2,1-2H3,(H2,15,18)(H,16,17). The van der Waals surface area contributed by atoms with Crippen molar-refractivity contribution in [2.75, 3.05) is 5.32 Å². The zero-order valence-corrected chi connectivity index (χ0v) is 12.5. The molecule has 0 aliphatic rings. The summed E-state index contributed by atoms with van der Waals surface area (Å²) in [6.07, 6.45) is 0.451. The summed E-state index contributed by atoms with van der Waals surface area (Å²) in [7, 11) is 0. The molecule has 1 rings (SSSR count). The lowest BCUT2D eigenvalue weighted by molar-refractivity contribution is -0.121. The quantitative estimate of drug-likeness (QED) is 0.832. The molecule has 1 unspecified atom stereocenters. The minimum Gasteiger partial charge on any atom is -0.392 e. The van der Waals surface area contributed by atoms with E-state index >= 15 is 0 Å². The predicted octanol–water partition coefficient (Wildman–Crippen LogP) is 3.23. The lowest BCUT2D eigenvalue weighted by Gasteiger charge is -2.25. The molecule has 6 heteroatoms. The number of hydrogen-bond donors (Lipinski definition) is 2. The van der Waals surface area contributed by atoms with Crippen molar-refractivity contribution in [2.45, 2.75) is 20.3 Å². The Labute approximate surface area is 119 Å². The number of nitrogens with one attached hydrogen (secondary N) is 1. The number of carbonyl (C=O) groups excluding carboxylic acids is 1. The van der Waals surface area contributed by atoms with Gasteiger partial charge in [-0.15, -0.1) is 0 Å². The van der Waals surface area contributed by atoms with Crippen LogP contribution in [0.3, 0.4) is 0 Å². The Bertz CT molecular complexity index is 495. The van der Waals surface area contributed by atoms with Crippen LogP contribution < -0.4 is 11.1 Å². The van der Waals surface area contributed by atoms with Gasteiger partial charge in [0.2, 0.25) is 5.91 Å². The summed E-state index contributed by atoms with van der Waals surface area (Å²) in [6, 6.07) is 4.40. The van der Waals surface area contributed by atoms with E-state index in [4.69, 9.17) is 18.0 Å². The van der Waals surface area contributed by atoms with Gasteiger partial charge in [-0.2, -0.15) is 0 Å². The van der Waals surface area contributed by atoms with E-state index < -0.39 is 17.1 Å². The van der Waals surface area contributed by atoms with E-state index in [1.807, 2.05) is 0 Å². The minimum atomic E-state index is -0.977. The molecule has 0 radical (unpaired) electrons. The maximum atomic E-state index is 13.6. The topological polar surface area (TPSA) is 55.1 Å². The monoisotopic (exact) mass is 332 g/mol. The normalized spacial score (nSPS) is 13.8. The summed E-state index contributed by atoms with van der Waals surface area (Å²) < 4.78 is 14.2. The highest BCUT2D eigenvalue weighted by molar-refractivity contribution is 9.10. The fourth-order valence-corrected chi connectivity index (χ4v) is 1.87. The summed E-state index contributed by atoms with van der Waals surface area (Å²) >= 11 is 8.04. The van der Waals surface area contributed by atoms with Crippen molar-refractivity contribution in [1.82, 2.24) is 0 Å². The number of rotatable bonds is 4. The molecule has 0 aliphatic carbocycles. The third kappa shape index (κ3) is 3.05. The van der Waals surface area contributed by atoms with E-state index in [1.165, 1.54) is 12.1 Å². The maximum Gasteiger partial charge on any atom is 0.237 e. The average Bonchev–Trinajstić information content (AvgIpc) is 2.31. The van der Waals surface area contributed by atoms with E-state index in [0.29, 0.717) is 10.9 Å². The van der Waals surface area contributed by atoms with Gasteiger partial charge < -0.3 is 11.1 Å². The number of thiocarbonyl (C=S) groups is 1. The Balaban J connectivity index is 2.97. The molecule has 1 aromatic carbocycles. The highest BCUT2D eigenvalue weighted by Crippen LogP contribution is 2.26. The molecule has 0 bridgehead atoms. The van der Waals surface area contributed by atoms with Crippen LogP contribution >= 0.6 is 28.1 Å². The Kier molecular flexibility index (Phi) is 4.81. The van der Waals surface area contributed by atoms with Gasteiger partial charge in [0, 0.05) is 4.47 Å². The lowest BCUT2D eigenvalue weighted by atomic mass is 9.86. The van der Waals surface area contributed by atoms with Crippen LogP contribution in [0.2, 0.25) is 0 Å². The van der Waals surface area contributed by atoms with Crippen LogP contribution in [0.5, 0.6) is 0 Å². The van der Waals surface area contributed by atoms with Crippen LogP contribution in [0.1, 0.15) is 20.3 Å². The molecule has 0 saturated carbocycles. The molecule has 1 amide bonds. The smallest absolute Gasteiger partial charge is 0.237 e. The van der Waals surface area contributed by atoms with Gasteiger partial charge in [0.05, 0.1) is 16.1 Å². The molecule has 0 spiro atoms. The molecule has 0 heterocycles. The Morgan fingerprint density at radius 1 is 1.61 bits per heavy atom. The summed E-state index contributed by atoms with van der Waals surface area (Å²) in [6.45, 7) is 3.44. The molecule has 0 aliphatic heterocycles. The zero-order valence-electron chi connectivity index (χ0n) is 10.1. The highest BCUT2D eigenvalue weighted by Gasteiger charge is 2.34. The van der Waals surface area contributed by atoms with E-state index in [2.05, 4.69) is 21.2 Å². The first-order valence-corrected chi connectivity index (χ1v) is 6.57. The number of halogens is 2. The van der Waals surface area contributed by atoms with Gasteiger partial charge in [-0.05, 0) is 31.5 Å². The average molecular weight is 333 g/mol. The van der Waals surface area contributed by atoms with Crippen LogP contribution in [0, 0.1) is 11.2 Å². The van der Waals surface area contributed by atoms with E-state index in [9.17, 15) is 9.18 Å². The molecule has 0 fully saturated rings. The number of amides is 1. The summed E-state index contributed by atoms with van der Waals surface area (Å²) in [5, 5.41) is 2.51. The van der Waals surface area contributed by atoms with Gasteiger partial charge in [0.15, 0.2) is 0 Å². The van der Waals surface area contributed by atoms with Gasteiger partial charge in [-0.3, -0.25) is 4.79 Å². The predicted molar refractivity (Wildman–Crippen MR) is 77.9 cm³/mol. The zero-order chi connectivity index (χ0) is 13.9. The molecular weight excluding hydrogens is 319 g/mol. The third-order valence-electron chi connectivity index (χ3n) is 2.93. The van der Waals surface area contributed by atoms with Crippen LogP contribution in [0.15, 0.2) is 22.7 Å². The van der Waals surface area contributed by atoms with Crippen LogP contribution in [0.25, 0.3) is 0 Å². The van der Waals surface area contributed by atoms with E-state index in [1.54, 1.807) is 19.9 Å². The van der Waals surface area contributed by atoms with Gasteiger partial charge in [-0.1, -0.05) is 35.1 Å². The largest absolute Gasteiger partial charge is 0.392 e. The fourth-order valence-electron chi connectivity index (χ4n) is 1.30. The first kappa shape index (κ1) is 15.0. The third-order valence-corrected chi connectivity index (χ3v) is 3.88. The number of hydrogen-bond acceptors (Lipinski definition) is 2. The molecule has 0 saturated heterocycles. The molecular formula is C12H14BrFN2OS. The minimum absolute atomic E-state index is 0.0972. The van der Waals surface area contributed by atoms with Crippen LogP contribution in [-0.2, 0) is 4.79 Å². The summed E-state index contributed by atoms with van der Waals surface area (Å²) in [5.74, 6) is -0.919. The molecule has 98 valence electrons. The van der Waals surface area contributed by atoms with Crippen molar-refractivity contribution < 1.29 is 9.18 Å². The molecule has 0 aromatic heterocycles. The second-order valence-corrected chi connectivity index (χ2v) is 5.48. The molecule has 18 heavy (non-hydrogen) atoms. The van der Waals surface area contributed by atoms with Crippen molar-refractivity contribution >= 4 is 44.7 Å². The summed E-state index contributed by atoms with van der Waals surface area (Å²) in [4.78, 5) is 12.2. The van der Waals surface area contributed by atoms with Gasteiger partial charge in [0.25, 0.3) is 0 Å². The number of anilines is 1. The maximum absolute atomic E-state index is 13.6. The molecule has 1 aromatic rings. The van der Waals surface area contributed by atoms with Crippen molar-refractivity contribution in [3.8, 4) is 0 Å². The van der Waals surface area contributed by atoms with Crippen molar-refractivity contribution in [1.29, 1.82) is 0 Å². The Hall–Kier alpha value is -1.01. The first-order valence-electron chi connectivity index (χ1n) is 5.37. The van der Waals surface area contributed by atoms with Crippen molar-refractivity contribution in [3.63, 3.8) is 0 Å². The number of nitrogens with two attached hydrogens (primary N) is 1. The van der Waals surface area contributed by atoms with Crippen molar-refractivity contribution in [2.24, 2.45) is 11.1 Å². The molecule has 3 N–H and O–H groups in total. The first-order chi connectivity index (χ1) is 8.31. The lowest BCUT2D eigenvalue weighted by Crippen LogP contribution is -2.43. The van der Waals surface area contributed by atoms with E-state index in [0.717, 1.165) is 0 Å². The molecule has 3 nitrogen and oxygen atoms in total. The van der Waals surface area contributed by atoms with Crippen molar-refractivity contribution in [3.05, 3.63) is 28.5 Å². The number of carbonyl (C=O) groups is 1. The molecule has 1 atom stereocenters. The highest BCUT2D eigenvalue weighted by atomic mass is 79.9.